The van der Waals surface area contributed by atoms with Gasteiger partial charge in [0.2, 0.25) is 0 Å². The lowest BCUT2D eigenvalue weighted by atomic mass is 9.97. The zero-order valence-corrected chi connectivity index (χ0v) is 19.7. The maximum Gasteiger partial charge on any atom is 0.399 e. The highest BCUT2D eigenvalue weighted by Gasteiger charge is 2.39. The van der Waals surface area contributed by atoms with Crippen LogP contribution in [0.2, 0.25) is 20.1 Å². The topological polar surface area (TPSA) is 63.2 Å². The van der Waals surface area contributed by atoms with Crippen LogP contribution in [0.25, 0.3) is 6.08 Å². The summed E-state index contributed by atoms with van der Waals surface area (Å²) in [5.41, 5.74) is 0.209. The minimum Gasteiger partial charge on any atom is -0.347 e. The standard InChI is InChI=1S/C20H14Cl4F3NO3S/c21-15-5-10(1-3-13(15)19(29)28-12-8-32(30,31)9-12)2-4-14(20(25,26)27)11-6-16(22)18(24)17(23)7-11/h1-7,12,14H,8-9H2,(H,28,29)/b4-2+. The van der Waals surface area contributed by atoms with Crippen LogP contribution in [0.4, 0.5) is 13.2 Å². The van der Waals surface area contributed by atoms with Crippen LogP contribution in [-0.4, -0.2) is 38.0 Å². The number of alkyl halides is 3. The molecule has 1 fully saturated rings. The van der Waals surface area contributed by atoms with Crippen LogP contribution in [-0.2, 0) is 9.84 Å². The third kappa shape index (κ3) is 5.91. The molecule has 1 aliphatic rings. The first-order chi connectivity index (χ1) is 14.8. The molecule has 1 unspecified atom stereocenters. The molecular formula is C20H14Cl4F3NO3S. The maximum atomic E-state index is 13.6. The number of halogens is 7. The first-order valence-corrected chi connectivity index (χ1v) is 12.3. The summed E-state index contributed by atoms with van der Waals surface area (Å²) in [7, 11) is -3.11. The molecule has 0 aromatic heterocycles. The summed E-state index contributed by atoms with van der Waals surface area (Å²) in [5, 5.41) is 2.31. The Hall–Kier alpha value is -1.45. The largest absolute Gasteiger partial charge is 0.399 e. The lowest BCUT2D eigenvalue weighted by Crippen LogP contribution is -2.52. The zero-order valence-electron chi connectivity index (χ0n) is 15.9. The number of rotatable bonds is 5. The molecule has 0 radical (unpaired) electrons. The molecule has 0 saturated carbocycles. The number of hydrogen-bond donors (Lipinski definition) is 1. The highest BCUT2D eigenvalue weighted by molar-refractivity contribution is 7.92. The number of allylic oxidation sites excluding steroid dienone is 1. The summed E-state index contributed by atoms with van der Waals surface area (Å²) < 4.78 is 63.3. The molecule has 2 aromatic carbocycles. The Balaban J connectivity index is 1.81. The van der Waals surface area contributed by atoms with E-state index in [1.165, 1.54) is 24.3 Å². The summed E-state index contributed by atoms with van der Waals surface area (Å²) in [4.78, 5) is 12.3. The van der Waals surface area contributed by atoms with Crippen LogP contribution in [0.15, 0.2) is 36.4 Å². The van der Waals surface area contributed by atoms with E-state index in [1.54, 1.807) is 0 Å². The van der Waals surface area contributed by atoms with E-state index in [2.05, 4.69) is 5.32 Å². The summed E-state index contributed by atoms with van der Waals surface area (Å²) in [5.74, 6) is -2.87. The highest BCUT2D eigenvalue weighted by atomic mass is 35.5. The molecule has 32 heavy (non-hydrogen) atoms. The van der Waals surface area contributed by atoms with Crippen molar-refractivity contribution in [2.24, 2.45) is 0 Å². The van der Waals surface area contributed by atoms with Crippen molar-refractivity contribution in [3.05, 3.63) is 73.2 Å². The van der Waals surface area contributed by atoms with Gasteiger partial charge >= 0.3 is 6.18 Å². The molecule has 1 heterocycles. The third-order valence-electron chi connectivity index (χ3n) is 4.68. The van der Waals surface area contributed by atoms with Gasteiger partial charge in [0.05, 0.1) is 49.1 Å². The number of benzene rings is 2. The Morgan fingerprint density at radius 2 is 1.62 bits per heavy atom. The van der Waals surface area contributed by atoms with Crippen LogP contribution in [0, 0.1) is 0 Å². The zero-order chi connectivity index (χ0) is 23.8. The van der Waals surface area contributed by atoms with E-state index in [1.807, 2.05) is 0 Å². The van der Waals surface area contributed by atoms with E-state index in [9.17, 15) is 26.4 Å². The Morgan fingerprint density at radius 1 is 1.03 bits per heavy atom. The lowest BCUT2D eigenvalue weighted by molar-refractivity contribution is -0.139. The summed E-state index contributed by atoms with van der Waals surface area (Å²) in [6, 6.07) is 5.81. The number of carbonyl (C=O) groups excluding carboxylic acids is 1. The SMILES string of the molecule is O=C(NC1CS(=O)(=O)C1)c1ccc(/C=C/C(c2cc(Cl)c(Cl)c(Cl)c2)C(F)(F)F)cc1Cl. The van der Waals surface area contributed by atoms with Gasteiger partial charge < -0.3 is 5.32 Å². The van der Waals surface area contributed by atoms with E-state index >= 15 is 0 Å². The molecule has 0 spiro atoms. The molecule has 3 rings (SSSR count). The molecule has 1 N–H and O–H groups in total. The minimum atomic E-state index is -4.64. The van der Waals surface area contributed by atoms with Crippen LogP contribution < -0.4 is 5.32 Å². The molecule has 0 aliphatic carbocycles. The molecule has 2 aromatic rings. The predicted octanol–water partition coefficient (Wildman–Crippen LogP) is 6.19. The van der Waals surface area contributed by atoms with E-state index in [4.69, 9.17) is 46.4 Å². The number of hydrogen-bond acceptors (Lipinski definition) is 3. The second-order valence-electron chi connectivity index (χ2n) is 7.16. The molecule has 1 atom stereocenters. The van der Waals surface area contributed by atoms with Gasteiger partial charge in [0.15, 0.2) is 9.84 Å². The first-order valence-electron chi connectivity index (χ1n) is 8.97. The predicted molar refractivity (Wildman–Crippen MR) is 121 cm³/mol. The smallest absolute Gasteiger partial charge is 0.347 e. The van der Waals surface area contributed by atoms with Gasteiger partial charge in [-0.15, -0.1) is 0 Å². The fraction of sp³-hybridized carbons (Fsp3) is 0.250. The normalized spacial score (nSPS) is 17.2. The molecular weight excluding hydrogens is 533 g/mol. The number of amides is 1. The molecule has 1 amide bonds. The van der Waals surface area contributed by atoms with Crippen molar-refractivity contribution >= 4 is 68.2 Å². The van der Waals surface area contributed by atoms with Crippen molar-refractivity contribution in [1.82, 2.24) is 5.32 Å². The van der Waals surface area contributed by atoms with Gasteiger partial charge in [-0.3, -0.25) is 4.79 Å². The molecule has 1 saturated heterocycles. The van der Waals surface area contributed by atoms with Gasteiger partial charge in [0, 0.05) is 0 Å². The van der Waals surface area contributed by atoms with Crippen LogP contribution >= 0.6 is 46.4 Å². The first kappa shape index (κ1) is 25.2. The summed E-state index contributed by atoms with van der Waals surface area (Å²) in [6.07, 6.45) is -2.51. The van der Waals surface area contributed by atoms with E-state index < -0.39 is 33.9 Å². The lowest BCUT2D eigenvalue weighted by Gasteiger charge is -2.26. The summed E-state index contributed by atoms with van der Waals surface area (Å²) >= 11 is 23.7. The molecule has 172 valence electrons. The van der Waals surface area contributed by atoms with Gasteiger partial charge in [0.1, 0.15) is 0 Å². The monoisotopic (exact) mass is 545 g/mol. The van der Waals surface area contributed by atoms with Crippen molar-refractivity contribution in [3.8, 4) is 0 Å². The van der Waals surface area contributed by atoms with Crippen molar-refractivity contribution in [1.29, 1.82) is 0 Å². The van der Waals surface area contributed by atoms with E-state index in [0.717, 1.165) is 18.2 Å². The van der Waals surface area contributed by atoms with E-state index in [0.29, 0.717) is 5.56 Å². The maximum absolute atomic E-state index is 13.6. The van der Waals surface area contributed by atoms with Gasteiger partial charge in [-0.1, -0.05) is 64.6 Å². The second kappa shape index (κ2) is 9.43. The molecule has 1 aliphatic heterocycles. The average Bonchev–Trinajstić information content (AvgIpc) is 2.63. The van der Waals surface area contributed by atoms with Crippen molar-refractivity contribution in [2.45, 2.75) is 18.1 Å². The van der Waals surface area contributed by atoms with Crippen LogP contribution in [0.5, 0.6) is 0 Å². The average molecular weight is 547 g/mol. The number of nitrogens with one attached hydrogen (secondary N) is 1. The van der Waals surface area contributed by atoms with Crippen molar-refractivity contribution < 1.29 is 26.4 Å². The molecule has 4 nitrogen and oxygen atoms in total. The fourth-order valence-corrected chi connectivity index (χ4v) is 5.28. The van der Waals surface area contributed by atoms with Gasteiger partial charge in [-0.25, -0.2) is 8.42 Å². The van der Waals surface area contributed by atoms with Crippen molar-refractivity contribution in [3.63, 3.8) is 0 Å². The van der Waals surface area contributed by atoms with Crippen LogP contribution in [0.1, 0.15) is 27.4 Å². The highest BCUT2D eigenvalue weighted by Crippen LogP contribution is 2.41. The third-order valence-corrected chi connectivity index (χ3v) is 8.01. The summed E-state index contributed by atoms with van der Waals surface area (Å²) in [6.45, 7) is 0. The fourth-order valence-electron chi connectivity index (χ4n) is 3.10. The van der Waals surface area contributed by atoms with Gasteiger partial charge in [-0.2, -0.15) is 13.2 Å². The minimum absolute atomic E-state index is 0.00738. The number of sulfone groups is 1. The van der Waals surface area contributed by atoms with Crippen LogP contribution in [0.3, 0.4) is 0 Å². The molecule has 0 bridgehead atoms. The van der Waals surface area contributed by atoms with Gasteiger partial charge in [0.25, 0.3) is 5.91 Å². The Kier molecular flexibility index (Phi) is 7.42. The number of carbonyl (C=O) groups is 1. The van der Waals surface area contributed by atoms with Crippen molar-refractivity contribution in [2.75, 3.05) is 11.5 Å². The molecule has 12 heteroatoms. The van der Waals surface area contributed by atoms with Gasteiger partial charge in [-0.05, 0) is 35.4 Å². The Morgan fingerprint density at radius 3 is 2.12 bits per heavy atom. The Bertz CT molecular complexity index is 1160. The second-order valence-corrected chi connectivity index (χ2v) is 10.9. The van der Waals surface area contributed by atoms with E-state index in [-0.39, 0.29) is 42.7 Å². The quantitative estimate of drug-likeness (QED) is 0.455. The Labute approximate surface area is 202 Å².